The summed E-state index contributed by atoms with van der Waals surface area (Å²) in [5.41, 5.74) is 2.81. The average molecular weight is 291 g/mol. The number of nitrogens with zero attached hydrogens (tertiary/aromatic N) is 3. The zero-order valence-electron chi connectivity index (χ0n) is 11.8. The summed E-state index contributed by atoms with van der Waals surface area (Å²) >= 11 is 1.33. The van der Waals surface area contributed by atoms with E-state index < -0.39 is 0 Å². The van der Waals surface area contributed by atoms with E-state index in [-0.39, 0.29) is 12.4 Å². The molecule has 0 aliphatic heterocycles. The first-order chi connectivity index (χ1) is 9.52. The third kappa shape index (κ3) is 3.08. The number of aliphatic hydroxyl groups is 1. The highest BCUT2D eigenvalue weighted by molar-refractivity contribution is 7.99. The fraction of sp³-hybridized carbons (Fsp3) is 0.357. The van der Waals surface area contributed by atoms with Crippen molar-refractivity contribution in [3.8, 4) is 0 Å². The van der Waals surface area contributed by atoms with Gasteiger partial charge in [0.15, 0.2) is 16.8 Å². The molecule has 6 heteroatoms. The number of hydrogen-bond donors (Lipinski definition) is 1. The van der Waals surface area contributed by atoms with Crippen LogP contribution in [0.5, 0.6) is 0 Å². The predicted molar refractivity (Wildman–Crippen MR) is 77.9 cm³/mol. The van der Waals surface area contributed by atoms with Crippen molar-refractivity contribution >= 4 is 17.5 Å². The molecular formula is C14H17N3O2S. The van der Waals surface area contributed by atoms with Crippen LogP contribution in [0, 0.1) is 13.8 Å². The first kappa shape index (κ1) is 14.7. The van der Waals surface area contributed by atoms with E-state index in [1.807, 2.05) is 32.0 Å². The van der Waals surface area contributed by atoms with E-state index in [4.69, 9.17) is 5.11 Å². The van der Waals surface area contributed by atoms with Gasteiger partial charge in [0, 0.05) is 12.6 Å². The van der Waals surface area contributed by atoms with Crippen molar-refractivity contribution in [3.05, 3.63) is 40.7 Å². The van der Waals surface area contributed by atoms with Crippen LogP contribution in [0.4, 0.5) is 0 Å². The van der Waals surface area contributed by atoms with E-state index in [0.29, 0.717) is 16.7 Å². The minimum absolute atomic E-state index is 0.0738. The molecular weight excluding hydrogens is 274 g/mol. The second-order valence-electron chi connectivity index (χ2n) is 4.65. The predicted octanol–water partition coefficient (Wildman–Crippen LogP) is 1.90. The van der Waals surface area contributed by atoms with Crippen LogP contribution >= 0.6 is 11.8 Å². The standard InChI is InChI=1S/C14H17N3O2S/c1-9-4-5-10(2)11(6-9)12(19)8-20-14-16-15-13(7-18)17(14)3/h4-6,18H,7-8H2,1-3H3. The Labute approximate surface area is 122 Å². The fourth-order valence-electron chi connectivity index (χ4n) is 1.85. The maximum absolute atomic E-state index is 12.3. The topological polar surface area (TPSA) is 68.0 Å². The molecule has 0 aliphatic rings. The van der Waals surface area contributed by atoms with E-state index in [9.17, 15) is 4.79 Å². The van der Waals surface area contributed by atoms with Crippen LogP contribution in [-0.4, -0.2) is 31.4 Å². The van der Waals surface area contributed by atoms with Crippen molar-refractivity contribution < 1.29 is 9.90 Å². The second kappa shape index (κ2) is 6.19. The number of thioether (sulfide) groups is 1. The quantitative estimate of drug-likeness (QED) is 0.673. The highest BCUT2D eigenvalue weighted by Gasteiger charge is 2.13. The van der Waals surface area contributed by atoms with Gasteiger partial charge in [0.25, 0.3) is 0 Å². The molecule has 0 radical (unpaired) electrons. The molecule has 0 bridgehead atoms. The summed E-state index contributed by atoms with van der Waals surface area (Å²) in [6, 6.07) is 5.86. The van der Waals surface area contributed by atoms with Crippen LogP contribution in [0.1, 0.15) is 27.3 Å². The number of aromatic nitrogens is 3. The lowest BCUT2D eigenvalue weighted by atomic mass is 10.0. The molecule has 2 aromatic rings. The second-order valence-corrected chi connectivity index (χ2v) is 5.59. The third-order valence-corrected chi connectivity index (χ3v) is 4.11. The number of carbonyl (C=O) groups excluding carboxylic acids is 1. The number of benzene rings is 1. The summed E-state index contributed by atoms with van der Waals surface area (Å²) in [5, 5.41) is 17.5. The molecule has 1 aromatic carbocycles. The van der Waals surface area contributed by atoms with Crippen molar-refractivity contribution in [2.75, 3.05) is 5.75 Å². The fourth-order valence-corrected chi connectivity index (χ4v) is 2.67. The molecule has 0 saturated heterocycles. The smallest absolute Gasteiger partial charge is 0.191 e. The van der Waals surface area contributed by atoms with Crippen LogP contribution in [0.2, 0.25) is 0 Å². The molecule has 0 aliphatic carbocycles. The molecule has 0 fully saturated rings. The van der Waals surface area contributed by atoms with E-state index in [1.165, 1.54) is 11.8 Å². The molecule has 106 valence electrons. The van der Waals surface area contributed by atoms with Gasteiger partial charge in [-0.05, 0) is 25.5 Å². The Hall–Kier alpha value is -1.66. The molecule has 0 spiro atoms. The molecule has 1 aromatic heterocycles. The van der Waals surface area contributed by atoms with Crippen molar-refractivity contribution in [3.63, 3.8) is 0 Å². The number of aliphatic hydroxyl groups excluding tert-OH is 1. The number of carbonyl (C=O) groups is 1. The summed E-state index contributed by atoms with van der Waals surface area (Å²) in [4.78, 5) is 12.3. The van der Waals surface area contributed by atoms with E-state index in [1.54, 1.807) is 11.6 Å². The molecule has 1 N–H and O–H groups in total. The lowest BCUT2D eigenvalue weighted by molar-refractivity contribution is 0.102. The molecule has 0 saturated carbocycles. The third-order valence-electron chi connectivity index (χ3n) is 3.09. The normalized spacial score (nSPS) is 10.8. The molecule has 5 nitrogen and oxygen atoms in total. The van der Waals surface area contributed by atoms with Crippen molar-refractivity contribution in [2.24, 2.45) is 7.05 Å². The van der Waals surface area contributed by atoms with Gasteiger partial charge < -0.3 is 9.67 Å². The van der Waals surface area contributed by atoms with Crippen LogP contribution < -0.4 is 0 Å². The maximum Gasteiger partial charge on any atom is 0.191 e. The maximum atomic E-state index is 12.3. The Bertz CT molecular complexity index is 637. The number of aryl methyl sites for hydroxylation is 2. The van der Waals surface area contributed by atoms with Gasteiger partial charge in [-0.1, -0.05) is 29.5 Å². The Morgan fingerprint density at radius 2 is 2.10 bits per heavy atom. The van der Waals surface area contributed by atoms with Gasteiger partial charge in [-0.3, -0.25) is 4.79 Å². The zero-order valence-corrected chi connectivity index (χ0v) is 12.6. The van der Waals surface area contributed by atoms with E-state index >= 15 is 0 Å². The summed E-state index contributed by atoms with van der Waals surface area (Å²) in [6.07, 6.45) is 0. The minimum Gasteiger partial charge on any atom is -0.388 e. The minimum atomic E-state index is -0.158. The van der Waals surface area contributed by atoms with Crippen LogP contribution in [0.15, 0.2) is 23.4 Å². The monoisotopic (exact) mass is 291 g/mol. The summed E-state index contributed by atoms with van der Waals surface area (Å²) in [6.45, 7) is 3.75. The molecule has 20 heavy (non-hydrogen) atoms. The number of hydrogen-bond acceptors (Lipinski definition) is 5. The Morgan fingerprint density at radius 1 is 1.35 bits per heavy atom. The molecule has 0 amide bonds. The van der Waals surface area contributed by atoms with Gasteiger partial charge in [0.2, 0.25) is 0 Å². The Morgan fingerprint density at radius 3 is 2.75 bits per heavy atom. The van der Waals surface area contributed by atoms with Gasteiger partial charge in [-0.25, -0.2) is 0 Å². The van der Waals surface area contributed by atoms with Crippen molar-refractivity contribution in [1.82, 2.24) is 14.8 Å². The van der Waals surface area contributed by atoms with E-state index in [0.717, 1.165) is 16.7 Å². The van der Waals surface area contributed by atoms with Gasteiger partial charge in [0.1, 0.15) is 6.61 Å². The van der Waals surface area contributed by atoms with Crippen molar-refractivity contribution in [1.29, 1.82) is 0 Å². The number of rotatable bonds is 5. The Balaban J connectivity index is 2.08. The van der Waals surface area contributed by atoms with Gasteiger partial charge in [-0.2, -0.15) is 0 Å². The average Bonchev–Trinajstić information content (AvgIpc) is 2.79. The lowest BCUT2D eigenvalue weighted by Crippen LogP contribution is -2.06. The van der Waals surface area contributed by atoms with Crippen LogP contribution in [0.25, 0.3) is 0 Å². The molecule has 1 heterocycles. The van der Waals surface area contributed by atoms with E-state index in [2.05, 4.69) is 10.2 Å². The van der Waals surface area contributed by atoms with Gasteiger partial charge in [0.05, 0.1) is 5.75 Å². The Kier molecular flexibility index (Phi) is 4.57. The number of ketones is 1. The highest BCUT2D eigenvalue weighted by Crippen LogP contribution is 2.19. The van der Waals surface area contributed by atoms with Crippen LogP contribution in [-0.2, 0) is 13.7 Å². The van der Waals surface area contributed by atoms with Crippen molar-refractivity contribution in [2.45, 2.75) is 25.6 Å². The molecule has 0 atom stereocenters. The highest BCUT2D eigenvalue weighted by atomic mass is 32.2. The van der Waals surface area contributed by atoms with Gasteiger partial charge >= 0.3 is 0 Å². The molecule has 0 unspecified atom stereocenters. The first-order valence-electron chi connectivity index (χ1n) is 6.25. The number of Topliss-reactive ketones (excluding diaryl/α,β-unsaturated/α-hetero) is 1. The van der Waals surface area contributed by atoms with Crippen LogP contribution in [0.3, 0.4) is 0 Å². The SMILES string of the molecule is Cc1ccc(C)c(C(=O)CSc2nnc(CO)n2C)c1. The summed E-state index contributed by atoms with van der Waals surface area (Å²) in [5.74, 6) is 0.873. The lowest BCUT2D eigenvalue weighted by Gasteiger charge is -2.06. The van der Waals surface area contributed by atoms with Gasteiger partial charge in [-0.15, -0.1) is 10.2 Å². The summed E-state index contributed by atoms with van der Waals surface area (Å²) < 4.78 is 1.70. The largest absolute Gasteiger partial charge is 0.388 e. The summed E-state index contributed by atoms with van der Waals surface area (Å²) in [7, 11) is 1.77. The zero-order chi connectivity index (χ0) is 14.7. The molecule has 2 rings (SSSR count). The first-order valence-corrected chi connectivity index (χ1v) is 7.24.